The van der Waals surface area contributed by atoms with Gasteiger partial charge in [-0.25, -0.2) is 4.39 Å². The highest BCUT2D eigenvalue weighted by Crippen LogP contribution is 2.22. The molecule has 0 bridgehead atoms. The summed E-state index contributed by atoms with van der Waals surface area (Å²) < 4.78 is 13.1. The van der Waals surface area contributed by atoms with E-state index < -0.39 is 0 Å². The van der Waals surface area contributed by atoms with E-state index in [1.165, 1.54) is 12.1 Å². The predicted octanol–water partition coefficient (Wildman–Crippen LogP) is 1.90. The van der Waals surface area contributed by atoms with Crippen LogP contribution in [-0.4, -0.2) is 34.7 Å². The summed E-state index contributed by atoms with van der Waals surface area (Å²) in [5, 5.41) is 0.864. The summed E-state index contributed by atoms with van der Waals surface area (Å²) in [4.78, 5) is 27.9. The van der Waals surface area contributed by atoms with Crippen LogP contribution in [0.3, 0.4) is 0 Å². The summed E-state index contributed by atoms with van der Waals surface area (Å²) in [6.45, 7) is 2.59. The lowest BCUT2D eigenvalue weighted by Gasteiger charge is -2.37. The fourth-order valence-corrected chi connectivity index (χ4v) is 2.52. The number of aromatic nitrogens is 1. The Bertz CT molecular complexity index is 686. The van der Waals surface area contributed by atoms with E-state index >= 15 is 0 Å². The first-order chi connectivity index (χ1) is 9.54. The second-order valence-corrected chi connectivity index (χ2v) is 5.29. The highest BCUT2D eigenvalue weighted by Gasteiger charge is 2.33. The van der Waals surface area contributed by atoms with Crippen molar-refractivity contribution in [3.63, 3.8) is 0 Å². The topological polar surface area (TPSA) is 53.2 Å². The number of aromatic amines is 1. The summed E-state index contributed by atoms with van der Waals surface area (Å²) in [5.41, 5.74) is 1.55. The van der Waals surface area contributed by atoms with Gasteiger partial charge in [0.25, 0.3) is 0 Å². The first-order valence-corrected chi connectivity index (χ1v) is 6.58. The van der Waals surface area contributed by atoms with Gasteiger partial charge >= 0.3 is 0 Å². The molecule has 1 amide bonds. The number of rotatable bonds is 3. The molecule has 0 saturated carbocycles. The number of hydrogen-bond acceptors (Lipinski definition) is 2. The van der Waals surface area contributed by atoms with Crippen molar-refractivity contribution >= 4 is 22.6 Å². The fourth-order valence-electron chi connectivity index (χ4n) is 2.52. The number of carbonyl (C=O) groups excluding carboxylic acids is 2. The van der Waals surface area contributed by atoms with E-state index in [-0.39, 0.29) is 29.8 Å². The van der Waals surface area contributed by atoms with Crippen molar-refractivity contribution < 1.29 is 14.0 Å². The second-order valence-electron chi connectivity index (χ2n) is 5.29. The number of ketones is 1. The maximum absolute atomic E-state index is 13.1. The van der Waals surface area contributed by atoms with Gasteiger partial charge in [-0.15, -0.1) is 0 Å². The van der Waals surface area contributed by atoms with Crippen LogP contribution in [0.5, 0.6) is 0 Å². The Kier molecular flexibility index (Phi) is 3.04. The molecule has 1 aromatic carbocycles. The molecule has 1 N–H and O–H groups in total. The molecule has 2 heterocycles. The Hall–Kier alpha value is -2.17. The third-order valence-electron chi connectivity index (χ3n) is 3.88. The molecule has 5 heteroatoms. The largest absolute Gasteiger partial charge is 0.361 e. The van der Waals surface area contributed by atoms with Crippen LogP contribution in [0.25, 0.3) is 10.9 Å². The van der Waals surface area contributed by atoms with Gasteiger partial charge < -0.3 is 9.88 Å². The van der Waals surface area contributed by atoms with E-state index in [0.717, 1.165) is 10.9 Å². The lowest BCUT2D eigenvalue weighted by Crippen LogP contribution is -2.53. The number of nitrogens with zero attached hydrogens (tertiary/aromatic N) is 1. The van der Waals surface area contributed by atoms with Crippen LogP contribution in [-0.2, 0) is 16.0 Å². The fraction of sp³-hybridized carbons (Fsp3) is 0.333. The van der Waals surface area contributed by atoms with Crippen molar-refractivity contribution in [2.45, 2.75) is 13.3 Å². The predicted molar refractivity (Wildman–Crippen MR) is 72.7 cm³/mol. The summed E-state index contributed by atoms with van der Waals surface area (Å²) >= 11 is 0. The molecule has 2 aromatic rings. The van der Waals surface area contributed by atoms with E-state index in [1.54, 1.807) is 24.1 Å². The van der Waals surface area contributed by atoms with Crippen LogP contribution in [0.15, 0.2) is 24.4 Å². The van der Waals surface area contributed by atoms with Crippen LogP contribution < -0.4 is 0 Å². The molecule has 1 aromatic heterocycles. The molecule has 1 fully saturated rings. The molecule has 0 atom stereocenters. The number of hydrogen-bond donors (Lipinski definition) is 1. The summed E-state index contributed by atoms with van der Waals surface area (Å²) in [6.07, 6.45) is 2.01. The SMILES string of the molecule is CC(=O)C1CN(C(=O)Cc2c[nH]c3cc(F)ccc23)C1. The molecule has 104 valence electrons. The van der Waals surface area contributed by atoms with Crippen LogP contribution >= 0.6 is 0 Å². The number of carbonyl (C=O) groups is 2. The Morgan fingerprint density at radius 2 is 2.15 bits per heavy atom. The first kappa shape index (κ1) is 12.8. The highest BCUT2D eigenvalue weighted by molar-refractivity contribution is 5.90. The standard InChI is InChI=1S/C15H15FN2O2/c1-9(19)11-7-18(8-11)15(20)4-10-6-17-14-5-12(16)2-3-13(10)14/h2-3,5-6,11,17H,4,7-8H2,1H3. The molecule has 0 spiro atoms. The van der Waals surface area contributed by atoms with Crippen molar-refractivity contribution in [2.75, 3.05) is 13.1 Å². The van der Waals surface area contributed by atoms with Crippen molar-refractivity contribution in [2.24, 2.45) is 5.92 Å². The van der Waals surface area contributed by atoms with Crippen molar-refractivity contribution in [3.8, 4) is 0 Å². The first-order valence-electron chi connectivity index (χ1n) is 6.58. The number of halogens is 1. The summed E-state index contributed by atoms with van der Waals surface area (Å²) in [5.74, 6) is -0.162. The average Bonchev–Trinajstić information content (AvgIpc) is 2.69. The average molecular weight is 274 g/mol. The number of H-pyrrole nitrogens is 1. The summed E-state index contributed by atoms with van der Waals surface area (Å²) in [7, 11) is 0. The molecular weight excluding hydrogens is 259 g/mol. The highest BCUT2D eigenvalue weighted by atomic mass is 19.1. The molecule has 1 saturated heterocycles. The Morgan fingerprint density at radius 1 is 1.40 bits per heavy atom. The van der Waals surface area contributed by atoms with Gasteiger partial charge in [0.05, 0.1) is 12.3 Å². The zero-order chi connectivity index (χ0) is 14.3. The van der Waals surface area contributed by atoms with E-state index in [9.17, 15) is 14.0 Å². The minimum Gasteiger partial charge on any atom is -0.361 e. The summed E-state index contributed by atoms with van der Waals surface area (Å²) in [6, 6.07) is 4.48. The smallest absolute Gasteiger partial charge is 0.227 e. The molecular formula is C15H15FN2O2. The van der Waals surface area contributed by atoms with Crippen molar-refractivity contribution in [1.82, 2.24) is 9.88 Å². The van der Waals surface area contributed by atoms with E-state index in [0.29, 0.717) is 18.6 Å². The Morgan fingerprint density at radius 3 is 2.85 bits per heavy atom. The number of amides is 1. The van der Waals surface area contributed by atoms with Crippen molar-refractivity contribution in [1.29, 1.82) is 0 Å². The maximum atomic E-state index is 13.1. The van der Waals surface area contributed by atoms with Crippen molar-refractivity contribution in [3.05, 3.63) is 35.8 Å². The van der Waals surface area contributed by atoms with E-state index in [4.69, 9.17) is 0 Å². The molecule has 0 unspecified atom stereocenters. The Balaban J connectivity index is 1.71. The monoisotopic (exact) mass is 274 g/mol. The van der Waals surface area contributed by atoms with Gasteiger partial charge in [-0.2, -0.15) is 0 Å². The molecule has 1 aliphatic heterocycles. The quantitative estimate of drug-likeness (QED) is 0.929. The second kappa shape index (κ2) is 4.74. The third-order valence-corrected chi connectivity index (χ3v) is 3.88. The van der Waals surface area contributed by atoms with Gasteiger partial charge in [0.2, 0.25) is 5.91 Å². The molecule has 0 aliphatic carbocycles. The molecule has 20 heavy (non-hydrogen) atoms. The minimum absolute atomic E-state index is 0.00369. The molecule has 0 radical (unpaired) electrons. The van der Waals surface area contributed by atoms with Gasteiger partial charge in [-0.3, -0.25) is 9.59 Å². The van der Waals surface area contributed by atoms with Gasteiger partial charge in [0.1, 0.15) is 11.6 Å². The Labute approximate surface area is 115 Å². The number of nitrogens with one attached hydrogen (secondary N) is 1. The molecule has 3 rings (SSSR count). The lowest BCUT2D eigenvalue weighted by molar-refractivity contribution is -0.140. The molecule has 4 nitrogen and oxygen atoms in total. The maximum Gasteiger partial charge on any atom is 0.227 e. The zero-order valence-electron chi connectivity index (χ0n) is 11.1. The van der Waals surface area contributed by atoms with E-state index in [2.05, 4.69) is 4.98 Å². The van der Waals surface area contributed by atoms with Crippen LogP contribution in [0.1, 0.15) is 12.5 Å². The van der Waals surface area contributed by atoms with Gasteiger partial charge in [0.15, 0.2) is 0 Å². The van der Waals surface area contributed by atoms with Gasteiger partial charge in [-0.05, 0) is 30.7 Å². The normalized spacial score (nSPS) is 15.4. The zero-order valence-corrected chi connectivity index (χ0v) is 11.1. The lowest BCUT2D eigenvalue weighted by atomic mass is 9.95. The van der Waals surface area contributed by atoms with Crippen LogP contribution in [0, 0.1) is 11.7 Å². The van der Waals surface area contributed by atoms with Gasteiger partial charge in [0, 0.05) is 30.2 Å². The van der Waals surface area contributed by atoms with Crippen LogP contribution in [0.4, 0.5) is 4.39 Å². The minimum atomic E-state index is -0.302. The number of benzene rings is 1. The molecule has 1 aliphatic rings. The number of likely N-dealkylation sites (tertiary alicyclic amines) is 1. The third kappa shape index (κ3) is 2.19. The number of fused-ring (bicyclic) bond motifs is 1. The van der Waals surface area contributed by atoms with E-state index in [1.807, 2.05) is 0 Å². The van der Waals surface area contributed by atoms with Crippen LogP contribution in [0.2, 0.25) is 0 Å². The van der Waals surface area contributed by atoms with Gasteiger partial charge in [-0.1, -0.05) is 0 Å². The number of Topliss-reactive ketones (excluding diaryl/α,β-unsaturated/α-hetero) is 1.